The molecule has 4 N–H and O–H groups in total. The molecule has 5 aromatic rings. The maximum Gasteiger partial charge on any atom is 0.407 e. The van der Waals surface area contributed by atoms with Crippen LogP contribution in [0.5, 0.6) is 0 Å². The average molecular weight is 875 g/mol. The number of carbonyl (C=O) groups excluding carboxylic acids is 4. The summed E-state index contributed by atoms with van der Waals surface area (Å²) in [5.41, 5.74) is 4.03. The standard InChI is InChI=1S/C48H55FN8O7/c1-26(2)40(55-48(61)63-4)46(59)57-32-12-8-31(23-32)42(57)44-50-25-38(52-44)34-14-10-29(24-35(34)49)28-9-13-33-30(22-28)11-16-36-41(33)54-43(51-36)39-6-5-19-56(39)45(58)37(53-47(60)62-3)15-7-27-17-20-64-21-18-27/h7,9-11,13-16,22,24-27,31-32,37,39-40,42H,5-6,8,12,17-21,23H2,1-4H3,(H,50,52)(H,51,54)(H,53,60)(H,55,61)/b15-7+/t31-,32+,37?,39-,40-,42-/m0/s1. The third kappa shape index (κ3) is 8.30. The molecule has 3 saturated heterocycles. The van der Waals surface area contributed by atoms with Gasteiger partial charge in [0.1, 0.15) is 29.5 Å². The molecule has 4 amide bonds. The largest absolute Gasteiger partial charge is 0.453 e. The summed E-state index contributed by atoms with van der Waals surface area (Å²) in [5.74, 6) is 0.795. The number of amides is 4. The van der Waals surface area contributed by atoms with Crippen molar-refractivity contribution >= 4 is 45.8 Å². The molecular weight excluding hydrogens is 820 g/mol. The summed E-state index contributed by atoms with van der Waals surface area (Å²) in [6, 6.07) is 12.9. The summed E-state index contributed by atoms with van der Waals surface area (Å²) in [5, 5.41) is 7.28. The van der Waals surface area contributed by atoms with Gasteiger partial charge in [-0.2, -0.15) is 0 Å². The predicted molar refractivity (Wildman–Crippen MR) is 237 cm³/mol. The highest BCUT2D eigenvalue weighted by Gasteiger charge is 2.51. The quantitative estimate of drug-likeness (QED) is 0.0966. The van der Waals surface area contributed by atoms with Crippen molar-refractivity contribution < 1.29 is 37.8 Å². The maximum absolute atomic E-state index is 16.1. The Labute approximate surface area is 370 Å². The number of benzene rings is 3. The van der Waals surface area contributed by atoms with E-state index in [1.54, 1.807) is 23.2 Å². The van der Waals surface area contributed by atoms with Crippen LogP contribution in [0.15, 0.2) is 66.9 Å². The fourth-order valence-electron chi connectivity index (χ4n) is 10.3. The Balaban J connectivity index is 0.927. The predicted octanol–water partition coefficient (Wildman–Crippen LogP) is 7.72. The van der Waals surface area contributed by atoms with E-state index in [-0.39, 0.29) is 47.7 Å². The van der Waals surface area contributed by atoms with Crippen LogP contribution in [0.1, 0.15) is 82.5 Å². The number of halogens is 1. The molecular formula is C48H55FN8O7. The first-order valence-corrected chi connectivity index (χ1v) is 22.4. The number of methoxy groups -OCH3 is 2. The first kappa shape index (κ1) is 43.0. The van der Waals surface area contributed by atoms with E-state index in [0.717, 1.165) is 72.3 Å². The third-order valence-corrected chi connectivity index (χ3v) is 13.6. The summed E-state index contributed by atoms with van der Waals surface area (Å²) in [7, 11) is 2.56. The Morgan fingerprint density at radius 3 is 2.42 bits per heavy atom. The average Bonchev–Trinajstić information content (AvgIpc) is 4.18. The number of hydrogen-bond donors (Lipinski definition) is 4. The van der Waals surface area contributed by atoms with Crippen molar-refractivity contribution in [3.8, 4) is 22.4 Å². The SMILES string of the molecule is COC(=O)NC(/C=C/C1CCOCC1)C(=O)N1CCC[C@H]1c1nc2c(ccc3cc(-c4ccc(-c5cnc([C@@H]6[C@H]7CC[C@H](C7)N6C(=O)[C@@H](NC(=O)OC)C(C)C)[nH]5)c(F)c4)ccc32)[nH]1. The molecule has 5 heterocycles. The molecule has 4 aliphatic rings. The van der Waals surface area contributed by atoms with Crippen LogP contribution in [-0.4, -0.2) is 106 Å². The van der Waals surface area contributed by atoms with Crippen LogP contribution in [0.3, 0.4) is 0 Å². The van der Waals surface area contributed by atoms with Crippen molar-refractivity contribution in [3.05, 3.63) is 84.3 Å². The van der Waals surface area contributed by atoms with E-state index in [2.05, 4.69) is 20.6 Å². The van der Waals surface area contributed by atoms with Gasteiger partial charge in [0.25, 0.3) is 0 Å². The van der Waals surface area contributed by atoms with E-state index in [1.165, 1.54) is 20.3 Å². The van der Waals surface area contributed by atoms with Gasteiger partial charge < -0.3 is 44.6 Å². The number of alkyl carbamates (subject to hydrolysis) is 2. The lowest BCUT2D eigenvalue weighted by Crippen LogP contribution is -2.54. The normalized spacial score (nSPS) is 22.2. The van der Waals surface area contributed by atoms with E-state index < -0.39 is 30.1 Å². The number of aromatic amines is 2. The molecule has 9 rings (SSSR count). The second-order valence-electron chi connectivity index (χ2n) is 17.8. The van der Waals surface area contributed by atoms with Crippen molar-refractivity contribution in [1.82, 2.24) is 40.4 Å². The minimum Gasteiger partial charge on any atom is -0.453 e. The fraction of sp³-hybridized carbons (Fsp3) is 0.458. The van der Waals surface area contributed by atoms with E-state index in [9.17, 15) is 19.2 Å². The van der Waals surface area contributed by atoms with Gasteiger partial charge in [0, 0.05) is 36.8 Å². The van der Waals surface area contributed by atoms with Crippen LogP contribution in [0.25, 0.3) is 44.2 Å². The zero-order chi connectivity index (χ0) is 44.6. The molecule has 336 valence electrons. The highest BCUT2D eigenvalue weighted by Crippen LogP contribution is 2.50. The number of rotatable bonds is 11. The number of likely N-dealkylation sites (tertiary alicyclic amines) is 2. The second-order valence-corrected chi connectivity index (χ2v) is 17.8. The molecule has 3 aromatic carbocycles. The molecule has 3 aliphatic heterocycles. The summed E-state index contributed by atoms with van der Waals surface area (Å²) < 4.78 is 31.2. The number of fused-ring (bicyclic) bond motifs is 5. The lowest BCUT2D eigenvalue weighted by molar-refractivity contribution is -0.139. The van der Waals surface area contributed by atoms with Gasteiger partial charge in [-0.1, -0.05) is 50.3 Å². The minimum atomic E-state index is -0.882. The Hall–Kier alpha value is -6.29. The van der Waals surface area contributed by atoms with E-state index in [1.807, 2.05) is 61.2 Å². The third-order valence-electron chi connectivity index (χ3n) is 13.6. The number of ether oxygens (including phenoxy) is 3. The van der Waals surface area contributed by atoms with Gasteiger partial charge in [0.15, 0.2) is 0 Å². The summed E-state index contributed by atoms with van der Waals surface area (Å²) >= 11 is 0. The zero-order valence-electron chi connectivity index (χ0n) is 36.6. The van der Waals surface area contributed by atoms with E-state index in [0.29, 0.717) is 48.2 Å². The first-order chi connectivity index (χ1) is 31.0. The van der Waals surface area contributed by atoms with Crippen LogP contribution >= 0.6 is 0 Å². The molecule has 0 radical (unpaired) electrons. The molecule has 1 saturated carbocycles. The Kier molecular flexibility index (Phi) is 12.1. The fourth-order valence-corrected chi connectivity index (χ4v) is 10.3. The number of H-pyrrole nitrogens is 2. The summed E-state index contributed by atoms with van der Waals surface area (Å²) in [6.45, 7) is 5.65. The number of nitrogens with zero attached hydrogens (tertiary/aromatic N) is 4. The number of allylic oxidation sites excluding steroid dienone is 1. The van der Waals surface area contributed by atoms with Gasteiger partial charge >= 0.3 is 12.2 Å². The van der Waals surface area contributed by atoms with Crippen LogP contribution in [0.4, 0.5) is 14.0 Å². The Morgan fingerprint density at radius 2 is 1.66 bits per heavy atom. The van der Waals surface area contributed by atoms with Gasteiger partial charge in [-0.25, -0.2) is 23.9 Å². The topological polar surface area (TPSA) is 184 Å². The highest BCUT2D eigenvalue weighted by atomic mass is 19.1. The molecule has 0 spiro atoms. The monoisotopic (exact) mass is 874 g/mol. The van der Waals surface area contributed by atoms with Crippen LogP contribution in [0, 0.1) is 23.6 Å². The second kappa shape index (κ2) is 18.1. The number of hydrogen-bond acceptors (Lipinski definition) is 9. The number of nitrogens with one attached hydrogen (secondary N) is 4. The number of piperidine rings is 1. The molecule has 6 atom stereocenters. The molecule has 1 aliphatic carbocycles. The maximum atomic E-state index is 16.1. The number of carbonyl (C=O) groups is 4. The molecule has 2 bridgehead atoms. The Bertz CT molecular complexity index is 2600. The van der Waals surface area contributed by atoms with Crippen molar-refractivity contribution in [2.75, 3.05) is 34.0 Å². The van der Waals surface area contributed by atoms with Crippen molar-refractivity contribution in [3.63, 3.8) is 0 Å². The molecule has 16 heteroatoms. The molecule has 2 aromatic heterocycles. The van der Waals surface area contributed by atoms with Crippen molar-refractivity contribution in [1.29, 1.82) is 0 Å². The molecule has 64 heavy (non-hydrogen) atoms. The van der Waals surface area contributed by atoms with E-state index in [4.69, 9.17) is 24.2 Å². The zero-order valence-corrected chi connectivity index (χ0v) is 36.6. The minimum absolute atomic E-state index is 0.0422. The molecule has 15 nitrogen and oxygen atoms in total. The first-order valence-electron chi connectivity index (χ1n) is 22.4. The van der Waals surface area contributed by atoms with Gasteiger partial charge in [0.2, 0.25) is 11.8 Å². The van der Waals surface area contributed by atoms with Crippen LogP contribution in [-0.2, 0) is 23.8 Å². The van der Waals surface area contributed by atoms with Crippen LogP contribution in [0.2, 0.25) is 0 Å². The van der Waals surface area contributed by atoms with Gasteiger partial charge in [-0.15, -0.1) is 0 Å². The van der Waals surface area contributed by atoms with Gasteiger partial charge in [-0.05, 0) is 103 Å². The van der Waals surface area contributed by atoms with Crippen molar-refractivity contribution in [2.45, 2.75) is 89.0 Å². The number of imidazole rings is 2. The molecule has 4 fully saturated rings. The van der Waals surface area contributed by atoms with Crippen LogP contribution < -0.4 is 10.6 Å². The van der Waals surface area contributed by atoms with E-state index >= 15 is 4.39 Å². The Morgan fingerprint density at radius 1 is 0.891 bits per heavy atom. The smallest absolute Gasteiger partial charge is 0.407 e. The lowest BCUT2D eigenvalue weighted by atomic mass is 9.95. The summed E-state index contributed by atoms with van der Waals surface area (Å²) in [4.78, 5) is 72.7. The van der Waals surface area contributed by atoms with Gasteiger partial charge in [0.05, 0.1) is 49.2 Å². The number of aromatic nitrogens is 4. The highest BCUT2D eigenvalue weighted by molar-refractivity contribution is 6.05. The summed E-state index contributed by atoms with van der Waals surface area (Å²) in [6.07, 6.45) is 10.0. The molecule has 1 unspecified atom stereocenters. The van der Waals surface area contributed by atoms with Crippen molar-refractivity contribution in [2.24, 2.45) is 17.8 Å². The van der Waals surface area contributed by atoms with Gasteiger partial charge in [-0.3, -0.25) is 9.59 Å². The lowest BCUT2D eigenvalue weighted by Gasteiger charge is -2.37.